The number of hydrogen-bond donors (Lipinski definition) is 2. The molecule has 2 heterocycles. The maximum atomic E-state index is 12.9. The summed E-state index contributed by atoms with van der Waals surface area (Å²) >= 11 is 13.7. The molecular formula is C27H23Cl2N3O2S. The van der Waals surface area contributed by atoms with Crippen LogP contribution >= 0.6 is 35.0 Å². The normalized spacial score (nSPS) is 16.6. The number of methoxy groups -OCH3 is 1. The Morgan fingerprint density at radius 1 is 1.09 bits per heavy atom. The van der Waals surface area contributed by atoms with Crippen LogP contribution in [0, 0.1) is 6.92 Å². The summed E-state index contributed by atoms with van der Waals surface area (Å²) < 4.78 is 7.69. The highest BCUT2D eigenvalue weighted by Gasteiger charge is 2.28. The highest BCUT2D eigenvalue weighted by atomic mass is 35.5. The molecule has 178 valence electrons. The number of benzene rings is 3. The quantitative estimate of drug-likeness (QED) is 0.269. The minimum atomic E-state index is -0.344. The lowest BCUT2D eigenvalue weighted by Crippen LogP contribution is -2.31. The van der Waals surface area contributed by atoms with Gasteiger partial charge in [0, 0.05) is 38.8 Å². The first-order chi connectivity index (χ1) is 16.9. The van der Waals surface area contributed by atoms with E-state index in [1.807, 2.05) is 42.5 Å². The number of hydrogen-bond acceptors (Lipinski definition) is 4. The van der Waals surface area contributed by atoms with E-state index in [0.29, 0.717) is 22.2 Å². The van der Waals surface area contributed by atoms with E-state index in [0.717, 1.165) is 38.4 Å². The van der Waals surface area contributed by atoms with Gasteiger partial charge in [-0.3, -0.25) is 4.79 Å². The molecule has 1 aliphatic heterocycles. The molecule has 5 rings (SSSR count). The largest absolute Gasteiger partial charge is 0.495 e. The van der Waals surface area contributed by atoms with E-state index in [1.165, 1.54) is 11.8 Å². The number of halogens is 2. The van der Waals surface area contributed by atoms with Gasteiger partial charge in [-0.25, -0.2) is 0 Å². The van der Waals surface area contributed by atoms with E-state index < -0.39 is 0 Å². The zero-order chi connectivity index (χ0) is 24.5. The molecule has 0 saturated carbocycles. The summed E-state index contributed by atoms with van der Waals surface area (Å²) in [5, 5.41) is 8.70. The van der Waals surface area contributed by atoms with Crippen molar-refractivity contribution in [2.45, 2.75) is 19.0 Å². The minimum Gasteiger partial charge on any atom is -0.495 e. The number of nitrogens with zero attached hydrogens (tertiary/aromatic N) is 1. The average Bonchev–Trinajstić information content (AvgIpc) is 3.32. The van der Waals surface area contributed by atoms with Crippen LogP contribution < -0.4 is 15.4 Å². The molecule has 1 fully saturated rings. The third kappa shape index (κ3) is 4.87. The van der Waals surface area contributed by atoms with Gasteiger partial charge in [0.1, 0.15) is 5.75 Å². The molecule has 1 aliphatic rings. The van der Waals surface area contributed by atoms with Gasteiger partial charge < -0.3 is 19.9 Å². The molecule has 35 heavy (non-hydrogen) atoms. The summed E-state index contributed by atoms with van der Waals surface area (Å²) in [6.07, 6.45) is 1.98. The van der Waals surface area contributed by atoms with Crippen molar-refractivity contribution in [3.05, 3.63) is 98.5 Å². The molecule has 0 spiro atoms. The summed E-state index contributed by atoms with van der Waals surface area (Å²) in [5.74, 6) is 0.533. The number of carbonyl (C=O) groups is 1. The van der Waals surface area contributed by atoms with Gasteiger partial charge in [-0.1, -0.05) is 65.3 Å². The first kappa shape index (κ1) is 23.7. The van der Waals surface area contributed by atoms with Crippen LogP contribution in [-0.4, -0.2) is 23.1 Å². The van der Waals surface area contributed by atoms with Crippen LogP contribution in [0.3, 0.4) is 0 Å². The van der Waals surface area contributed by atoms with Crippen LogP contribution in [0.15, 0.2) is 71.6 Å². The Bertz CT molecular complexity index is 1450. The van der Waals surface area contributed by atoms with Crippen molar-refractivity contribution >= 4 is 63.5 Å². The summed E-state index contributed by atoms with van der Waals surface area (Å²) in [6.45, 7) is 2.80. The average molecular weight is 524 g/mol. The van der Waals surface area contributed by atoms with Gasteiger partial charge in [0.05, 0.1) is 17.7 Å². The second kappa shape index (κ2) is 9.90. The van der Waals surface area contributed by atoms with Crippen molar-refractivity contribution in [1.29, 1.82) is 0 Å². The van der Waals surface area contributed by atoms with E-state index in [1.54, 1.807) is 25.3 Å². The molecule has 1 aromatic heterocycles. The number of amides is 1. The second-order valence-electron chi connectivity index (χ2n) is 8.20. The lowest BCUT2D eigenvalue weighted by molar-refractivity contribution is -0.116. The number of rotatable bonds is 6. The molecular weight excluding hydrogens is 501 g/mol. The zero-order valence-electron chi connectivity index (χ0n) is 19.1. The van der Waals surface area contributed by atoms with Crippen LogP contribution in [-0.2, 0) is 11.3 Å². The van der Waals surface area contributed by atoms with Crippen LogP contribution in [0.2, 0.25) is 10.0 Å². The van der Waals surface area contributed by atoms with Crippen LogP contribution in [0.4, 0.5) is 5.69 Å². The molecule has 0 radical (unpaired) electrons. The van der Waals surface area contributed by atoms with E-state index >= 15 is 0 Å². The number of thioether (sulfide) groups is 1. The molecule has 0 aliphatic carbocycles. The number of nitrogens with one attached hydrogen (secondary N) is 2. The standard InChI is InChI=1S/C27H23Cl2N3O2S/c1-16-21(20-5-3-4-6-23(20)32(16)15-17-7-9-18(28)10-8-17)14-25-26(33)31-27(35-25)30-22-13-19(29)11-12-24(22)34-2/h3-14,27,30H,15H2,1-2H3,(H,31,33)/b25-14-. The number of anilines is 1. The van der Waals surface area contributed by atoms with Crippen LogP contribution in [0.25, 0.3) is 17.0 Å². The highest BCUT2D eigenvalue weighted by Crippen LogP contribution is 2.36. The molecule has 1 atom stereocenters. The monoisotopic (exact) mass is 523 g/mol. The Labute approximate surface area is 218 Å². The number of aromatic nitrogens is 1. The molecule has 8 heteroatoms. The minimum absolute atomic E-state index is 0.123. The topological polar surface area (TPSA) is 55.3 Å². The summed E-state index contributed by atoms with van der Waals surface area (Å²) in [5.41, 5.74) is 4.78. The van der Waals surface area contributed by atoms with E-state index in [9.17, 15) is 4.79 Å². The van der Waals surface area contributed by atoms with Crippen LogP contribution in [0.5, 0.6) is 5.75 Å². The lowest BCUT2D eigenvalue weighted by atomic mass is 10.1. The fourth-order valence-corrected chi connectivity index (χ4v) is 5.50. The fourth-order valence-electron chi connectivity index (χ4n) is 4.25. The van der Waals surface area contributed by atoms with Crippen molar-refractivity contribution in [3.8, 4) is 5.75 Å². The smallest absolute Gasteiger partial charge is 0.260 e. The number of ether oxygens (including phenoxy) is 1. The van der Waals surface area contributed by atoms with E-state index in [2.05, 4.69) is 34.3 Å². The Kier molecular flexibility index (Phi) is 6.69. The molecule has 1 amide bonds. The van der Waals surface area contributed by atoms with Gasteiger partial charge in [0.25, 0.3) is 5.91 Å². The maximum absolute atomic E-state index is 12.9. The van der Waals surface area contributed by atoms with Gasteiger partial charge in [-0.2, -0.15) is 0 Å². The summed E-state index contributed by atoms with van der Waals surface area (Å²) in [4.78, 5) is 13.5. The molecule has 3 aromatic carbocycles. The lowest BCUT2D eigenvalue weighted by Gasteiger charge is -2.15. The second-order valence-corrected chi connectivity index (χ2v) is 10.2. The third-order valence-corrected chi connectivity index (χ3v) is 7.50. The van der Waals surface area contributed by atoms with Crippen molar-refractivity contribution in [3.63, 3.8) is 0 Å². The van der Waals surface area contributed by atoms with Crippen molar-refractivity contribution in [2.24, 2.45) is 0 Å². The van der Waals surface area contributed by atoms with Gasteiger partial charge in [0.2, 0.25) is 0 Å². The predicted octanol–water partition coefficient (Wildman–Crippen LogP) is 6.91. The highest BCUT2D eigenvalue weighted by molar-refractivity contribution is 8.05. The van der Waals surface area contributed by atoms with Crippen molar-refractivity contribution in [1.82, 2.24) is 9.88 Å². The predicted molar refractivity (Wildman–Crippen MR) is 146 cm³/mol. The van der Waals surface area contributed by atoms with E-state index in [4.69, 9.17) is 27.9 Å². The molecule has 1 unspecified atom stereocenters. The molecule has 1 saturated heterocycles. The Hall–Kier alpha value is -3.06. The summed E-state index contributed by atoms with van der Waals surface area (Å²) in [7, 11) is 1.60. The van der Waals surface area contributed by atoms with E-state index in [-0.39, 0.29) is 11.4 Å². The van der Waals surface area contributed by atoms with Gasteiger partial charge in [-0.05, 0) is 55.0 Å². The van der Waals surface area contributed by atoms with Gasteiger partial charge in [0.15, 0.2) is 5.50 Å². The Balaban J connectivity index is 1.46. The van der Waals surface area contributed by atoms with Crippen molar-refractivity contribution < 1.29 is 9.53 Å². The third-order valence-electron chi connectivity index (χ3n) is 5.99. The molecule has 5 nitrogen and oxygen atoms in total. The Morgan fingerprint density at radius 3 is 2.60 bits per heavy atom. The molecule has 2 N–H and O–H groups in total. The SMILES string of the molecule is COc1ccc(Cl)cc1NC1NC(=O)/C(=C/c2c(C)n(Cc3ccc(Cl)cc3)c3ccccc23)S1. The summed E-state index contributed by atoms with van der Waals surface area (Å²) in [6, 6.07) is 21.5. The fraction of sp³-hybridized carbons (Fsp3) is 0.148. The first-order valence-electron chi connectivity index (χ1n) is 11.0. The number of fused-ring (bicyclic) bond motifs is 1. The van der Waals surface area contributed by atoms with Gasteiger partial charge >= 0.3 is 0 Å². The Morgan fingerprint density at radius 2 is 1.83 bits per heavy atom. The first-order valence-corrected chi connectivity index (χ1v) is 12.7. The molecule has 0 bridgehead atoms. The maximum Gasteiger partial charge on any atom is 0.260 e. The van der Waals surface area contributed by atoms with Crippen molar-refractivity contribution in [2.75, 3.05) is 12.4 Å². The number of para-hydroxylation sites is 1. The number of carbonyl (C=O) groups excluding carboxylic acids is 1. The van der Waals surface area contributed by atoms with Crippen LogP contribution in [0.1, 0.15) is 16.8 Å². The zero-order valence-corrected chi connectivity index (χ0v) is 21.5. The molecule has 4 aromatic rings. The van der Waals surface area contributed by atoms with Gasteiger partial charge in [-0.15, -0.1) is 0 Å².